The average Bonchev–Trinajstić information content (AvgIpc) is 2.72. The number of hydrazone groups is 1. The molecule has 2 aromatic carbocycles. The maximum absolute atomic E-state index is 12.1. The summed E-state index contributed by atoms with van der Waals surface area (Å²) in [6.07, 6.45) is 2.77. The molecule has 166 valence electrons. The van der Waals surface area contributed by atoms with Crippen LogP contribution in [-0.2, 0) is 4.79 Å². The van der Waals surface area contributed by atoms with E-state index in [1.807, 2.05) is 18.2 Å². The van der Waals surface area contributed by atoms with Crippen LogP contribution < -0.4 is 19.8 Å². The second kappa shape index (κ2) is 9.41. The van der Waals surface area contributed by atoms with Crippen molar-refractivity contribution in [2.24, 2.45) is 5.10 Å². The van der Waals surface area contributed by atoms with Crippen LogP contribution in [0.3, 0.4) is 0 Å². The van der Waals surface area contributed by atoms with E-state index in [1.165, 1.54) is 11.3 Å². The van der Waals surface area contributed by atoms with E-state index in [1.54, 1.807) is 25.5 Å². The van der Waals surface area contributed by atoms with Gasteiger partial charge in [-0.1, -0.05) is 25.1 Å². The summed E-state index contributed by atoms with van der Waals surface area (Å²) < 4.78 is 10.7. The fraction of sp³-hybridized carbons (Fsp3) is 0.440. The van der Waals surface area contributed by atoms with Crippen molar-refractivity contribution in [3.05, 3.63) is 53.6 Å². The van der Waals surface area contributed by atoms with Gasteiger partial charge in [0, 0.05) is 17.3 Å². The fourth-order valence-electron chi connectivity index (χ4n) is 4.62. The van der Waals surface area contributed by atoms with Gasteiger partial charge in [-0.05, 0) is 75.4 Å². The Labute approximate surface area is 185 Å². The van der Waals surface area contributed by atoms with Gasteiger partial charge in [0.1, 0.15) is 0 Å². The number of hydrogen-bond acceptors (Lipinski definition) is 5. The molecule has 31 heavy (non-hydrogen) atoms. The van der Waals surface area contributed by atoms with Crippen LogP contribution in [0.4, 0.5) is 5.69 Å². The molecule has 0 radical (unpaired) electrons. The van der Waals surface area contributed by atoms with Crippen molar-refractivity contribution in [1.29, 1.82) is 0 Å². The first kappa shape index (κ1) is 22.7. The number of amides is 1. The SMILES string of the molecule is COc1ccccc1OCC(=O)N/N=C/c1ccc2c(c1)[C@@H](C)CC(C)(C)N2C(C)C. The maximum atomic E-state index is 12.1. The Balaban J connectivity index is 1.64. The number of anilines is 1. The van der Waals surface area contributed by atoms with Gasteiger partial charge in [-0.3, -0.25) is 4.79 Å². The Kier molecular flexibility index (Phi) is 6.88. The number of carbonyl (C=O) groups is 1. The number of hydrogen-bond donors (Lipinski definition) is 1. The number of nitrogens with zero attached hydrogens (tertiary/aromatic N) is 2. The highest BCUT2D eigenvalue weighted by Gasteiger charge is 2.37. The van der Waals surface area contributed by atoms with Crippen LogP contribution in [0.2, 0.25) is 0 Å². The van der Waals surface area contributed by atoms with Crippen LogP contribution >= 0.6 is 0 Å². The topological polar surface area (TPSA) is 63.2 Å². The second-order valence-electron chi connectivity index (χ2n) is 8.93. The molecule has 0 saturated carbocycles. The Hall–Kier alpha value is -3.02. The molecule has 0 aliphatic carbocycles. The number of benzene rings is 2. The Bertz CT molecular complexity index is 953. The predicted molar refractivity (Wildman–Crippen MR) is 125 cm³/mol. The zero-order valence-corrected chi connectivity index (χ0v) is 19.3. The minimum absolute atomic E-state index is 0.117. The summed E-state index contributed by atoms with van der Waals surface area (Å²) in [5.74, 6) is 1.23. The van der Waals surface area contributed by atoms with Crippen molar-refractivity contribution in [3.8, 4) is 11.5 Å². The zero-order valence-electron chi connectivity index (χ0n) is 19.3. The van der Waals surface area contributed by atoms with E-state index in [-0.39, 0.29) is 18.1 Å². The highest BCUT2D eigenvalue weighted by Crippen LogP contribution is 2.44. The number of carbonyl (C=O) groups excluding carboxylic acids is 1. The molecule has 0 aromatic heterocycles. The number of nitrogens with one attached hydrogen (secondary N) is 1. The molecule has 1 aliphatic heterocycles. The molecule has 0 bridgehead atoms. The van der Waals surface area contributed by atoms with E-state index in [2.05, 4.69) is 62.2 Å². The fourth-order valence-corrected chi connectivity index (χ4v) is 4.62. The van der Waals surface area contributed by atoms with Gasteiger partial charge in [0.15, 0.2) is 18.1 Å². The van der Waals surface area contributed by atoms with Gasteiger partial charge in [-0.15, -0.1) is 0 Å². The lowest BCUT2D eigenvalue weighted by Crippen LogP contribution is -2.51. The highest BCUT2D eigenvalue weighted by atomic mass is 16.5. The molecule has 3 rings (SSSR count). The number of fused-ring (bicyclic) bond motifs is 1. The lowest BCUT2D eigenvalue weighted by Gasteiger charge is -2.50. The molecule has 6 nitrogen and oxygen atoms in total. The molecule has 1 atom stereocenters. The summed E-state index contributed by atoms with van der Waals surface area (Å²) in [5, 5.41) is 4.10. The van der Waals surface area contributed by atoms with Gasteiger partial charge in [-0.2, -0.15) is 5.10 Å². The van der Waals surface area contributed by atoms with E-state index >= 15 is 0 Å². The average molecular weight is 424 g/mol. The molecule has 1 amide bonds. The summed E-state index contributed by atoms with van der Waals surface area (Å²) in [4.78, 5) is 14.6. The third-order valence-corrected chi connectivity index (χ3v) is 5.65. The Morgan fingerprint density at radius 3 is 2.65 bits per heavy atom. The highest BCUT2D eigenvalue weighted by molar-refractivity contribution is 5.84. The molecule has 1 N–H and O–H groups in total. The third kappa shape index (κ3) is 5.19. The number of ether oxygens (including phenoxy) is 2. The van der Waals surface area contributed by atoms with Crippen LogP contribution in [-0.4, -0.2) is 37.4 Å². The molecule has 1 heterocycles. The minimum atomic E-state index is -0.332. The van der Waals surface area contributed by atoms with Gasteiger partial charge in [0.05, 0.1) is 13.3 Å². The van der Waals surface area contributed by atoms with E-state index < -0.39 is 0 Å². The van der Waals surface area contributed by atoms with E-state index in [4.69, 9.17) is 9.47 Å². The van der Waals surface area contributed by atoms with Crippen LogP contribution in [0.25, 0.3) is 0 Å². The van der Waals surface area contributed by atoms with Crippen LogP contribution in [0, 0.1) is 0 Å². The molecule has 2 aromatic rings. The number of para-hydroxylation sites is 2. The third-order valence-electron chi connectivity index (χ3n) is 5.65. The van der Waals surface area contributed by atoms with Crippen molar-refractivity contribution in [2.45, 2.75) is 58.5 Å². The quantitative estimate of drug-likeness (QED) is 0.517. The molecule has 0 fully saturated rings. The summed E-state index contributed by atoms with van der Waals surface area (Å²) in [7, 11) is 1.56. The zero-order chi connectivity index (χ0) is 22.6. The number of rotatable bonds is 7. The summed E-state index contributed by atoms with van der Waals surface area (Å²) >= 11 is 0. The molecule has 6 heteroatoms. The predicted octanol–water partition coefficient (Wildman–Crippen LogP) is 4.72. The maximum Gasteiger partial charge on any atom is 0.277 e. The van der Waals surface area contributed by atoms with Crippen molar-refractivity contribution in [3.63, 3.8) is 0 Å². The van der Waals surface area contributed by atoms with Crippen LogP contribution in [0.15, 0.2) is 47.6 Å². The molecule has 1 aliphatic rings. The summed E-state index contributed by atoms with van der Waals surface area (Å²) in [6.45, 7) is 11.2. The first-order valence-electron chi connectivity index (χ1n) is 10.7. The first-order chi connectivity index (χ1) is 14.7. The van der Waals surface area contributed by atoms with Crippen molar-refractivity contribution >= 4 is 17.8 Å². The number of methoxy groups -OCH3 is 1. The molecule has 0 unspecified atom stereocenters. The largest absolute Gasteiger partial charge is 0.493 e. The van der Waals surface area contributed by atoms with Gasteiger partial charge < -0.3 is 14.4 Å². The lowest BCUT2D eigenvalue weighted by molar-refractivity contribution is -0.123. The van der Waals surface area contributed by atoms with Crippen molar-refractivity contribution < 1.29 is 14.3 Å². The van der Waals surface area contributed by atoms with Crippen LogP contribution in [0.1, 0.15) is 58.1 Å². The molecule has 0 spiro atoms. The Morgan fingerprint density at radius 2 is 1.97 bits per heavy atom. The van der Waals surface area contributed by atoms with Crippen molar-refractivity contribution in [2.75, 3.05) is 18.6 Å². The lowest BCUT2D eigenvalue weighted by atomic mass is 9.79. The Morgan fingerprint density at radius 1 is 1.26 bits per heavy atom. The minimum Gasteiger partial charge on any atom is -0.493 e. The van der Waals surface area contributed by atoms with Gasteiger partial charge in [-0.25, -0.2) is 5.43 Å². The summed E-state index contributed by atoms with van der Waals surface area (Å²) in [5.41, 5.74) is 6.20. The normalized spacial score (nSPS) is 17.5. The van der Waals surface area contributed by atoms with Crippen molar-refractivity contribution in [1.82, 2.24) is 5.43 Å². The van der Waals surface area contributed by atoms with Gasteiger partial charge in [0.25, 0.3) is 5.91 Å². The molecular weight excluding hydrogens is 390 g/mol. The first-order valence-corrected chi connectivity index (χ1v) is 10.7. The second-order valence-corrected chi connectivity index (χ2v) is 8.93. The van der Waals surface area contributed by atoms with Gasteiger partial charge in [0.2, 0.25) is 0 Å². The van der Waals surface area contributed by atoms with E-state index in [0.29, 0.717) is 23.5 Å². The van der Waals surface area contributed by atoms with E-state index in [0.717, 1.165) is 12.0 Å². The summed E-state index contributed by atoms with van der Waals surface area (Å²) in [6, 6.07) is 14.0. The molecular formula is C25H33N3O3. The standard InChI is InChI=1S/C25H33N3O3/c1-17(2)28-21-12-11-19(13-20(21)18(3)14-25(28,4)5)15-26-27-24(29)16-31-23-10-8-7-9-22(23)30-6/h7-13,15,17-18H,14,16H2,1-6H3,(H,27,29)/b26-15+/t18-/m0/s1. The van der Waals surface area contributed by atoms with Gasteiger partial charge >= 0.3 is 0 Å². The monoisotopic (exact) mass is 423 g/mol. The van der Waals surface area contributed by atoms with Crippen LogP contribution in [0.5, 0.6) is 11.5 Å². The van der Waals surface area contributed by atoms with E-state index in [9.17, 15) is 4.79 Å². The molecule has 0 saturated heterocycles. The smallest absolute Gasteiger partial charge is 0.277 e.